The van der Waals surface area contributed by atoms with Crippen LogP contribution >= 0.6 is 0 Å². The summed E-state index contributed by atoms with van der Waals surface area (Å²) in [7, 11) is -10.3. The van der Waals surface area contributed by atoms with Crippen LogP contribution in [0.25, 0.3) is 70.4 Å². The number of hydrogen-bond acceptors (Lipinski definition) is 16. The molecule has 0 amide bonds. The number of aromatic amines is 4. The van der Waals surface area contributed by atoms with Crippen LogP contribution in [0.15, 0.2) is 195 Å². The van der Waals surface area contributed by atoms with Crippen LogP contribution in [0.1, 0.15) is 65.5 Å². The Labute approximate surface area is 485 Å². The molecular formula is C56H44N8O12S2Zn2. The fourth-order valence-electron chi connectivity index (χ4n) is 6.42. The quantitative estimate of drug-likeness (QED) is 0.0949. The second kappa shape index (κ2) is 34.2. The molecule has 10 aromatic rings. The average molecular weight is 1220 g/mol. The molecule has 0 saturated carbocycles. The summed E-state index contributed by atoms with van der Waals surface area (Å²) in [5.41, 5.74) is 10.7. The van der Waals surface area contributed by atoms with Crippen LogP contribution in [0.4, 0.5) is 0 Å². The summed E-state index contributed by atoms with van der Waals surface area (Å²) in [6.45, 7) is 0. The molecule has 4 N–H and O–H groups in total. The number of carbonyl (C=O) groups excluding carboxylic acids is 2. The minimum Gasteiger partial charge on any atom is -0.759 e. The standard InChI is InChI=1S/2C20H16N2.2C8H6N2O2.2H2O4S.2Zn/c2*1-2-18(6-8-20-11-15-22-16-12-20)4-3-17(1)5-7-19-9-13-21-14-10-19;2*11-8(12)7-5-3-1-2-4-6(5)9-10-7;2*1-5(2,3)4;;/h2*1-16H;2*1-4H,(H,9,10)(H,11,12);2*(H2,1,2,3,4);;/q;;;;;;2*+2/p-4/b2*7-5+,8-6+;;;;;;. The van der Waals surface area contributed by atoms with E-state index in [9.17, 15) is 19.8 Å². The van der Waals surface area contributed by atoms with E-state index in [0.717, 1.165) is 11.1 Å². The maximum Gasteiger partial charge on any atom is 2.00 e. The van der Waals surface area contributed by atoms with E-state index in [2.05, 4.69) is 137 Å². The molecule has 6 aromatic heterocycles. The molecule has 80 heavy (non-hydrogen) atoms. The molecule has 0 unspecified atom stereocenters. The molecule has 24 heteroatoms. The fraction of sp³-hybridized carbons (Fsp3) is 0. The Kier molecular flexibility index (Phi) is 28.1. The first-order valence-corrected chi connectivity index (χ1v) is 25.3. The van der Waals surface area contributed by atoms with Gasteiger partial charge in [-0.3, -0.25) is 37.0 Å². The number of H-pyrrole nitrogens is 4. The van der Waals surface area contributed by atoms with Crippen molar-refractivity contribution in [1.29, 1.82) is 0 Å². The van der Waals surface area contributed by atoms with Gasteiger partial charge in [-0.1, -0.05) is 134 Å². The van der Waals surface area contributed by atoms with Gasteiger partial charge in [0.05, 0.1) is 23.0 Å². The van der Waals surface area contributed by atoms with Crippen LogP contribution in [0.3, 0.4) is 0 Å². The fourth-order valence-corrected chi connectivity index (χ4v) is 6.42. The Morgan fingerprint density at radius 2 is 0.600 bits per heavy atom. The number of nitrogens with zero attached hydrogens (tertiary/aromatic N) is 4. The Bertz CT molecular complexity index is 3420. The third-order valence-corrected chi connectivity index (χ3v) is 9.97. The smallest absolute Gasteiger partial charge is 0.759 e. The molecule has 0 bridgehead atoms. The van der Waals surface area contributed by atoms with E-state index in [1.54, 1.807) is 73.3 Å². The van der Waals surface area contributed by atoms with Crippen LogP contribution in [-0.2, 0) is 59.8 Å². The monoisotopic (exact) mass is 1210 g/mol. The number of carboxylic acids is 2. The van der Waals surface area contributed by atoms with Gasteiger partial charge in [-0.2, -0.15) is 10.2 Å². The molecule has 0 saturated heterocycles. The topological polar surface area (TPSA) is 352 Å². The zero-order valence-corrected chi connectivity index (χ0v) is 49.6. The number of nitrogens with one attached hydrogen (secondary N) is 4. The number of carboxylic acid groups (broad SMARTS) is 2. The minimum atomic E-state index is -5.17. The summed E-state index contributed by atoms with van der Waals surface area (Å²) < 4.78 is 68.2. The van der Waals surface area contributed by atoms with Crippen molar-refractivity contribution in [3.63, 3.8) is 0 Å². The average Bonchev–Trinajstić information content (AvgIpc) is 4.08. The van der Waals surface area contributed by atoms with Gasteiger partial charge in [0.25, 0.3) is 0 Å². The zero-order chi connectivity index (χ0) is 56.2. The number of carbonyl (C=O) groups is 2. The van der Waals surface area contributed by atoms with E-state index in [0.29, 0.717) is 21.8 Å². The normalized spacial score (nSPS) is 10.8. The van der Waals surface area contributed by atoms with Crippen molar-refractivity contribution in [1.82, 2.24) is 30.4 Å². The molecule has 6 heterocycles. The van der Waals surface area contributed by atoms with Crippen LogP contribution in [0.2, 0.25) is 0 Å². The largest absolute Gasteiger partial charge is 2.00 e. The van der Waals surface area contributed by atoms with Gasteiger partial charge in [0.2, 0.25) is 0 Å². The molecule has 0 radical (unpaired) electrons. The van der Waals surface area contributed by atoms with Gasteiger partial charge in [-0.15, -0.1) is 0 Å². The van der Waals surface area contributed by atoms with E-state index < -0.39 is 32.7 Å². The van der Waals surface area contributed by atoms with Gasteiger partial charge in [0, 0.05) is 80.6 Å². The molecule has 0 aliphatic heterocycles. The first kappa shape index (κ1) is 65.6. The number of aromatic nitrogens is 8. The van der Waals surface area contributed by atoms with Crippen molar-refractivity contribution in [2.75, 3.05) is 0 Å². The molecule has 0 spiro atoms. The first-order chi connectivity index (χ1) is 37.4. The van der Waals surface area contributed by atoms with Gasteiger partial charge >= 0.3 is 39.0 Å². The predicted octanol–water partition coefficient (Wildman–Crippen LogP) is 5.64. The van der Waals surface area contributed by atoms with Crippen LogP contribution in [0, 0.1) is 0 Å². The van der Waals surface area contributed by atoms with E-state index in [-0.39, 0.29) is 50.3 Å². The number of rotatable bonds is 10. The van der Waals surface area contributed by atoms with E-state index in [4.69, 9.17) is 35.0 Å². The van der Waals surface area contributed by atoms with E-state index >= 15 is 0 Å². The molecule has 0 aliphatic carbocycles. The number of pyridine rings is 4. The molecule has 4 aromatic carbocycles. The molecule has 10 rings (SSSR count). The molecule has 0 aliphatic rings. The number of para-hydroxylation sites is 2. The van der Waals surface area contributed by atoms with Crippen molar-refractivity contribution in [2.45, 2.75) is 0 Å². The third kappa shape index (κ3) is 26.1. The Morgan fingerprint density at radius 3 is 0.850 bits per heavy atom. The van der Waals surface area contributed by atoms with Crippen molar-refractivity contribution in [3.8, 4) is 0 Å². The first-order valence-electron chi connectivity index (χ1n) is 22.6. The van der Waals surface area contributed by atoms with Gasteiger partial charge in [-0.25, -0.2) is 9.97 Å². The molecule has 0 fully saturated rings. The predicted molar refractivity (Wildman–Crippen MR) is 285 cm³/mol. The van der Waals surface area contributed by atoms with Crippen molar-refractivity contribution < 1.29 is 104 Å². The van der Waals surface area contributed by atoms with Crippen LogP contribution < -0.4 is 20.2 Å². The van der Waals surface area contributed by atoms with Gasteiger partial charge in [-0.05, 0) is 80.9 Å². The van der Waals surface area contributed by atoms with Gasteiger partial charge < -0.3 is 38.0 Å². The van der Waals surface area contributed by atoms with Crippen molar-refractivity contribution in [3.05, 3.63) is 251 Å². The SMILES string of the molecule is C(=C\c1ccc(/C=C/c2cc[nH+]cc2)cc1)/c1ccncc1.C(=C\c1ccc(/C=C/c2cc[nH+]cc2)cc1)/c1ccncc1.O=C([O-])c1n[nH]c2ccccc12.O=C([O-])c1n[nH]c2ccccc12.O=S(=O)([O-])[O-].O=S(=O)([O-])[O-].[Zn+2].[Zn+2]. The Hall–Kier alpha value is -8.69. The summed E-state index contributed by atoms with van der Waals surface area (Å²) in [6.07, 6.45) is 31.7. The number of aromatic carboxylic acids is 2. The number of fused-ring (bicyclic) bond motifs is 2. The number of hydrogen-bond donors (Lipinski definition) is 2. The minimum absolute atomic E-state index is 0. The Morgan fingerprint density at radius 1 is 0.375 bits per heavy atom. The second-order valence-corrected chi connectivity index (χ2v) is 17.2. The maximum atomic E-state index is 10.5. The molecular weight excluding hydrogens is 1170 g/mol. The van der Waals surface area contributed by atoms with E-state index in [1.807, 2.05) is 73.3 Å². The zero-order valence-electron chi connectivity index (χ0n) is 42.0. The second-order valence-electron chi connectivity index (χ2n) is 15.5. The molecule has 20 nitrogen and oxygen atoms in total. The van der Waals surface area contributed by atoms with Gasteiger partial charge in [0.15, 0.2) is 24.8 Å². The third-order valence-electron chi connectivity index (χ3n) is 9.97. The summed E-state index contributed by atoms with van der Waals surface area (Å²) in [5, 5.41) is 34.5. The van der Waals surface area contributed by atoms with Crippen molar-refractivity contribution in [2.24, 2.45) is 0 Å². The van der Waals surface area contributed by atoms with Gasteiger partial charge in [0.1, 0.15) is 11.4 Å². The molecule has 0 atom stereocenters. The molecule has 396 valence electrons. The number of benzene rings is 4. The summed E-state index contributed by atoms with van der Waals surface area (Å²) in [5.74, 6) is -2.51. The summed E-state index contributed by atoms with van der Waals surface area (Å²) in [6, 6.07) is 47.1. The van der Waals surface area contributed by atoms with Crippen molar-refractivity contribution >= 4 is 103 Å². The van der Waals surface area contributed by atoms with Crippen LogP contribution in [-0.4, -0.2) is 77.3 Å². The summed E-state index contributed by atoms with van der Waals surface area (Å²) in [4.78, 5) is 35.0. The Balaban J connectivity index is 0.000000270. The maximum absolute atomic E-state index is 10.5. The summed E-state index contributed by atoms with van der Waals surface area (Å²) >= 11 is 0. The van der Waals surface area contributed by atoms with Crippen LogP contribution in [0.5, 0.6) is 0 Å². The van der Waals surface area contributed by atoms with E-state index in [1.165, 1.54) is 33.4 Å².